The van der Waals surface area contributed by atoms with E-state index in [4.69, 9.17) is 4.74 Å². The molecule has 7 nitrogen and oxygen atoms in total. The molecular formula is C9H6N2O5. The van der Waals surface area contributed by atoms with Crippen molar-refractivity contribution in [2.45, 2.75) is 6.92 Å². The van der Waals surface area contributed by atoms with Crippen LogP contribution in [0.5, 0.6) is 0 Å². The summed E-state index contributed by atoms with van der Waals surface area (Å²) in [6, 6.07) is 0. The zero-order valence-electron chi connectivity index (χ0n) is 8.22. The highest BCUT2D eigenvalue weighted by atomic mass is 16.6. The minimum Gasteiger partial charge on any atom is -0.475 e. The first-order valence-corrected chi connectivity index (χ1v) is 4.37. The van der Waals surface area contributed by atoms with E-state index >= 15 is 0 Å². The van der Waals surface area contributed by atoms with Crippen LogP contribution in [-0.4, -0.2) is 28.9 Å². The molecule has 1 heterocycles. The van der Waals surface area contributed by atoms with Gasteiger partial charge in [0.05, 0.1) is 4.92 Å². The molecule has 16 heavy (non-hydrogen) atoms. The first-order chi connectivity index (χ1) is 7.50. The van der Waals surface area contributed by atoms with Gasteiger partial charge >= 0.3 is 5.70 Å². The van der Waals surface area contributed by atoms with Gasteiger partial charge in [0, 0.05) is 5.57 Å². The number of ether oxygens (including phenoxy) is 1. The van der Waals surface area contributed by atoms with Gasteiger partial charge in [-0.3, -0.25) is 19.7 Å². The van der Waals surface area contributed by atoms with Gasteiger partial charge in [0.15, 0.2) is 6.61 Å². The zero-order valence-corrected chi connectivity index (χ0v) is 8.22. The smallest absolute Gasteiger partial charge is 0.360 e. The van der Waals surface area contributed by atoms with Crippen molar-refractivity contribution in [3.8, 4) is 0 Å². The Morgan fingerprint density at radius 1 is 1.50 bits per heavy atom. The summed E-state index contributed by atoms with van der Waals surface area (Å²) in [5, 5.41) is 10.7. The molecule has 0 saturated heterocycles. The van der Waals surface area contributed by atoms with Gasteiger partial charge in [-0.15, -0.1) is 0 Å². The summed E-state index contributed by atoms with van der Waals surface area (Å²) < 4.78 is 4.88. The summed E-state index contributed by atoms with van der Waals surface area (Å²) in [5.74, 6) is -1.46. The maximum atomic E-state index is 11.5. The monoisotopic (exact) mass is 222 g/mol. The third-order valence-electron chi connectivity index (χ3n) is 2.14. The minimum atomic E-state index is -0.820. The Kier molecular flexibility index (Phi) is 2.15. The summed E-state index contributed by atoms with van der Waals surface area (Å²) >= 11 is 0. The number of nitro groups is 1. The van der Waals surface area contributed by atoms with Crippen molar-refractivity contribution in [1.82, 2.24) is 0 Å². The number of Topliss-reactive ketones (excluding diaryl/α,β-unsaturated/α-hetero) is 1. The largest absolute Gasteiger partial charge is 0.475 e. The number of aliphatic imine (C=N–C) groups is 1. The van der Waals surface area contributed by atoms with Crippen LogP contribution in [0.2, 0.25) is 0 Å². The molecule has 0 fully saturated rings. The molecule has 0 aromatic rings. The maximum Gasteiger partial charge on any atom is 0.360 e. The van der Waals surface area contributed by atoms with E-state index in [1.807, 2.05) is 0 Å². The standard InChI is InChI=1S/C9H6N2O5/c1-4-2-5-9(16-3-6(12)10-5)7(8(4)13)11(14)15/h2H,3H2,1H3. The highest BCUT2D eigenvalue weighted by Gasteiger charge is 2.38. The minimum absolute atomic E-state index is 0.0417. The van der Waals surface area contributed by atoms with Crippen LogP contribution in [0.15, 0.2) is 28.1 Å². The van der Waals surface area contributed by atoms with Gasteiger partial charge in [-0.1, -0.05) is 0 Å². The van der Waals surface area contributed by atoms with E-state index in [9.17, 15) is 19.7 Å². The number of ketones is 1. The maximum absolute atomic E-state index is 11.5. The van der Waals surface area contributed by atoms with Gasteiger partial charge in [0.2, 0.25) is 5.76 Å². The predicted molar refractivity (Wildman–Crippen MR) is 51.2 cm³/mol. The van der Waals surface area contributed by atoms with Gasteiger partial charge in [0.25, 0.3) is 11.7 Å². The van der Waals surface area contributed by atoms with E-state index in [0.717, 1.165) is 0 Å². The first kappa shape index (κ1) is 10.2. The third-order valence-corrected chi connectivity index (χ3v) is 2.14. The molecular weight excluding hydrogens is 216 g/mol. The van der Waals surface area contributed by atoms with Crippen LogP contribution >= 0.6 is 0 Å². The Bertz CT molecular complexity index is 512. The second-order valence-corrected chi connectivity index (χ2v) is 3.27. The van der Waals surface area contributed by atoms with Gasteiger partial charge in [-0.25, -0.2) is 4.99 Å². The van der Waals surface area contributed by atoms with Gasteiger partial charge in [-0.05, 0) is 13.0 Å². The van der Waals surface area contributed by atoms with Crippen molar-refractivity contribution >= 4 is 17.4 Å². The Labute approximate surface area is 89.3 Å². The fourth-order valence-corrected chi connectivity index (χ4v) is 1.44. The molecule has 0 spiro atoms. The van der Waals surface area contributed by atoms with E-state index in [1.54, 1.807) is 0 Å². The number of hydrogen-bond donors (Lipinski definition) is 0. The molecule has 0 unspecified atom stereocenters. The molecule has 2 aliphatic rings. The van der Waals surface area contributed by atoms with Crippen LogP contribution in [0, 0.1) is 10.1 Å². The molecule has 1 aliphatic carbocycles. The number of nitrogens with zero attached hydrogens (tertiary/aromatic N) is 2. The Hall–Kier alpha value is -2.31. The second-order valence-electron chi connectivity index (χ2n) is 3.27. The second kappa shape index (κ2) is 3.37. The number of carbonyl (C=O) groups is 2. The fraction of sp³-hybridized carbons (Fsp3) is 0.222. The lowest BCUT2D eigenvalue weighted by atomic mass is 9.99. The van der Waals surface area contributed by atoms with Crippen molar-refractivity contribution in [2.24, 2.45) is 4.99 Å². The van der Waals surface area contributed by atoms with Crippen molar-refractivity contribution < 1.29 is 19.2 Å². The van der Waals surface area contributed by atoms with Crippen molar-refractivity contribution in [2.75, 3.05) is 6.61 Å². The molecule has 0 atom stereocenters. The highest BCUT2D eigenvalue weighted by molar-refractivity contribution is 6.24. The number of carbonyl (C=O) groups excluding carboxylic acids is 2. The first-order valence-electron chi connectivity index (χ1n) is 4.37. The molecule has 82 valence electrons. The Morgan fingerprint density at radius 3 is 2.81 bits per heavy atom. The molecule has 2 rings (SSSR count). The average Bonchev–Trinajstić information content (AvgIpc) is 2.19. The normalized spacial score (nSPS) is 19.8. The number of amides is 1. The molecule has 7 heteroatoms. The van der Waals surface area contributed by atoms with Crippen molar-refractivity contribution in [3.05, 3.63) is 33.2 Å². The average molecular weight is 222 g/mol. The van der Waals surface area contributed by atoms with Crippen LogP contribution in [0.25, 0.3) is 0 Å². The molecule has 0 N–H and O–H groups in total. The molecule has 0 bridgehead atoms. The number of fused-ring (bicyclic) bond motifs is 1. The van der Waals surface area contributed by atoms with E-state index in [1.165, 1.54) is 13.0 Å². The van der Waals surface area contributed by atoms with Crippen LogP contribution in [-0.2, 0) is 14.3 Å². The van der Waals surface area contributed by atoms with E-state index in [2.05, 4.69) is 4.99 Å². The highest BCUT2D eigenvalue weighted by Crippen LogP contribution is 2.23. The fourth-order valence-electron chi connectivity index (χ4n) is 1.44. The summed E-state index contributed by atoms with van der Waals surface area (Å²) in [6.07, 6.45) is 1.31. The number of hydrogen-bond acceptors (Lipinski definition) is 5. The summed E-state index contributed by atoms with van der Waals surface area (Å²) in [5.41, 5.74) is -0.459. The van der Waals surface area contributed by atoms with Crippen molar-refractivity contribution in [3.63, 3.8) is 0 Å². The van der Waals surface area contributed by atoms with E-state index < -0.39 is 22.3 Å². The van der Waals surface area contributed by atoms with Gasteiger partial charge < -0.3 is 4.74 Å². The number of allylic oxidation sites excluding steroid dienone is 2. The van der Waals surface area contributed by atoms with Crippen LogP contribution in [0.1, 0.15) is 6.92 Å². The number of rotatable bonds is 1. The third kappa shape index (κ3) is 1.42. The summed E-state index contributed by atoms with van der Waals surface area (Å²) in [4.78, 5) is 36.0. The van der Waals surface area contributed by atoms with Crippen LogP contribution in [0.3, 0.4) is 0 Å². The quantitative estimate of drug-likeness (QED) is 0.353. The molecule has 0 radical (unpaired) electrons. The molecule has 0 aromatic carbocycles. The lowest BCUT2D eigenvalue weighted by Gasteiger charge is -2.17. The van der Waals surface area contributed by atoms with E-state index in [-0.39, 0.29) is 23.7 Å². The van der Waals surface area contributed by atoms with Crippen LogP contribution in [0.4, 0.5) is 0 Å². The Morgan fingerprint density at radius 2 is 2.19 bits per heavy atom. The SMILES string of the molecule is CC1=CC2=NC(=O)COC2=C([N+](=O)[O-])C1=O. The lowest BCUT2D eigenvalue weighted by molar-refractivity contribution is -0.421. The van der Waals surface area contributed by atoms with Gasteiger partial charge in [-0.2, -0.15) is 0 Å². The lowest BCUT2D eigenvalue weighted by Crippen LogP contribution is -2.29. The van der Waals surface area contributed by atoms with E-state index in [0.29, 0.717) is 0 Å². The summed E-state index contributed by atoms with van der Waals surface area (Å²) in [7, 11) is 0. The molecule has 1 amide bonds. The van der Waals surface area contributed by atoms with Crippen LogP contribution < -0.4 is 0 Å². The van der Waals surface area contributed by atoms with Gasteiger partial charge in [0.1, 0.15) is 5.71 Å². The molecule has 0 saturated carbocycles. The predicted octanol–water partition coefficient (Wildman–Crippen LogP) is 0.00150. The summed E-state index contributed by atoms with van der Waals surface area (Å²) in [6.45, 7) is 1.04. The topological polar surface area (TPSA) is 98.9 Å². The molecule has 0 aromatic heterocycles. The molecule has 1 aliphatic heterocycles. The van der Waals surface area contributed by atoms with Crippen molar-refractivity contribution in [1.29, 1.82) is 0 Å². The zero-order chi connectivity index (χ0) is 11.9. The Balaban J connectivity index is 2.64.